The Morgan fingerprint density at radius 2 is 1.55 bits per heavy atom. The van der Waals surface area contributed by atoms with Gasteiger partial charge in [0.15, 0.2) is 0 Å². The minimum Gasteiger partial charge on any atom is -0.508 e. The summed E-state index contributed by atoms with van der Waals surface area (Å²) < 4.78 is 6.19. The second-order valence-corrected chi connectivity index (χ2v) is 17.3. The first-order valence-electron chi connectivity index (χ1n) is 17.1. The number of fused-ring (bicyclic) bond motifs is 7. The van der Waals surface area contributed by atoms with Gasteiger partial charge in [-0.2, -0.15) is 0 Å². The van der Waals surface area contributed by atoms with Crippen LogP contribution >= 0.6 is 0 Å². The van der Waals surface area contributed by atoms with Crippen LogP contribution in [0.25, 0.3) is 6.08 Å². The van der Waals surface area contributed by atoms with Crippen molar-refractivity contribution in [2.24, 2.45) is 50.2 Å². The maximum atomic E-state index is 13.0. The first-order chi connectivity index (χ1) is 20.5. The largest absolute Gasteiger partial charge is 0.508 e. The predicted molar refractivity (Wildman–Crippen MR) is 174 cm³/mol. The van der Waals surface area contributed by atoms with Crippen LogP contribution in [0.4, 0.5) is 0 Å². The van der Waals surface area contributed by atoms with Crippen molar-refractivity contribution in [2.75, 3.05) is 0 Å². The van der Waals surface area contributed by atoms with Crippen molar-refractivity contribution in [3.05, 3.63) is 47.6 Å². The zero-order chi connectivity index (χ0) is 31.9. The summed E-state index contributed by atoms with van der Waals surface area (Å²) in [5.41, 5.74) is 2.25. The van der Waals surface area contributed by atoms with Crippen molar-refractivity contribution < 1.29 is 24.5 Å². The SMILES string of the molecule is CC1(C)[C@@H](OC(=O)/C=C/c2ccc(O)cc2)CC[C@]2(C)[C@H]3CC=C4[C@@H]5C[C@@](C)(C(=O)O)CC[C@]5(C)CC[C@@]4(C)[C@]3(C)CC[C@@H]12. The van der Waals surface area contributed by atoms with Crippen LogP contribution in [0.5, 0.6) is 5.75 Å². The molecular formula is C39H54O5. The summed E-state index contributed by atoms with van der Waals surface area (Å²) in [5, 5.41) is 19.7. The molecule has 9 atom stereocenters. The van der Waals surface area contributed by atoms with Gasteiger partial charge in [-0.25, -0.2) is 4.79 Å². The van der Waals surface area contributed by atoms with E-state index in [1.54, 1.807) is 35.9 Å². The molecule has 0 aromatic heterocycles. The second kappa shape index (κ2) is 10.2. The normalized spacial score (nSPS) is 44.4. The number of phenolic OH excluding ortho intramolecular Hbond substituents is 1. The number of ether oxygens (including phenoxy) is 1. The van der Waals surface area contributed by atoms with Crippen LogP contribution in [-0.4, -0.2) is 28.3 Å². The number of carbonyl (C=O) groups is 2. The molecule has 0 amide bonds. The molecule has 0 heterocycles. The minimum atomic E-state index is -0.635. The van der Waals surface area contributed by atoms with Crippen LogP contribution in [0.15, 0.2) is 42.0 Å². The van der Waals surface area contributed by atoms with Gasteiger partial charge in [0.25, 0.3) is 0 Å². The zero-order valence-corrected chi connectivity index (χ0v) is 28.0. The first-order valence-corrected chi connectivity index (χ1v) is 17.1. The number of hydrogen-bond acceptors (Lipinski definition) is 4. The first kappa shape index (κ1) is 31.4. The van der Waals surface area contributed by atoms with E-state index in [-0.39, 0.29) is 44.9 Å². The summed E-state index contributed by atoms with van der Waals surface area (Å²) in [5.74, 6) is 0.626. The number of hydrogen-bond donors (Lipinski definition) is 2. The fourth-order valence-corrected chi connectivity index (χ4v) is 11.7. The van der Waals surface area contributed by atoms with Gasteiger partial charge in [0.1, 0.15) is 11.9 Å². The summed E-state index contributed by atoms with van der Waals surface area (Å²) in [6, 6.07) is 6.80. The average Bonchev–Trinajstić information content (AvgIpc) is 2.95. The lowest BCUT2D eigenvalue weighted by Gasteiger charge is -2.71. The number of carboxylic acid groups (broad SMARTS) is 1. The van der Waals surface area contributed by atoms with Gasteiger partial charge in [-0.3, -0.25) is 4.79 Å². The van der Waals surface area contributed by atoms with Crippen LogP contribution in [0, 0.1) is 50.2 Å². The smallest absolute Gasteiger partial charge is 0.331 e. The molecule has 0 radical (unpaired) electrons. The molecule has 5 nitrogen and oxygen atoms in total. The Balaban J connectivity index is 1.25. The van der Waals surface area contributed by atoms with Crippen LogP contribution in [0.1, 0.15) is 118 Å². The Morgan fingerprint density at radius 1 is 0.864 bits per heavy atom. The van der Waals surface area contributed by atoms with Crippen molar-refractivity contribution in [3.8, 4) is 5.75 Å². The van der Waals surface area contributed by atoms with E-state index >= 15 is 0 Å². The molecule has 0 spiro atoms. The van der Waals surface area contributed by atoms with E-state index in [1.807, 2.05) is 6.92 Å². The number of phenols is 1. The monoisotopic (exact) mass is 602 g/mol. The molecular weight excluding hydrogens is 548 g/mol. The Hall–Kier alpha value is -2.56. The van der Waals surface area contributed by atoms with Crippen molar-refractivity contribution >= 4 is 18.0 Å². The fraction of sp³-hybridized carbons (Fsp3) is 0.692. The van der Waals surface area contributed by atoms with E-state index in [9.17, 15) is 19.8 Å². The Morgan fingerprint density at radius 3 is 2.23 bits per heavy atom. The highest BCUT2D eigenvalue weighted by molar-refractivity contribution is 5.87. The maximum Gasteiger partial charge on any atom is 0.331 e. The maximum absolute atomic E-state index is 13.0. The van der Waals surface area contributed by atoms with E-state index < -0.39 is 11.4 Å². The lowest BCUT2D eigenvalue weighted by atomic mass is 9.33. The van der Waals surface area contributed by atoms with E-state index in [2.05, 4.69) is 47.6 Å². The molecule has 0 saturated heterocycles. The third-order valence-electron chi connectivity index (χ3n) is 14.9. The highest BCUT2D eigenvalue weighted by atomic mass is 16.5. The van der Waals surface area contributed by atoms with Crippen LogP contribution in [-0.2, 0) is 14.3 Å². The fourth-order valence-electron chi connectivity index (χ4n) is 11.7. The van der Waals surface area contributed by atoms with Gasteiger partial charge in [-0.1, -0.05) is 65.3 Å². The minimum absolute atomic E-state index is 0.0807. The Kier molecular flexibility index (Phi) is 7.30. The molecule has 0 unspecified atom stereocenters. The predicted octanol–water partition coefficient (Wildman–Crippen LogP) is 9.20. The van der Waals surface area contributed by atoms with Gasteiger partial charge in [-0.15, -0.1) is 0 Å². The summed E-state index contributed by atoms with van der Waals surface area (Å²) in [6.07, 6.45) is 16.0. The van der Waals surface area contributed by atoms with E-state index in [0.29, 0.717) is 17.8 Å². The topological polar surface area (TPSA) is 83.8 Å². The van der Waals surface area contributed by atoms with Gasteiger partial charge in [0.05, 0.1) is 5.41 Å². The summed E-state index contributed by atoms with van der Waals surface area (Å²) in [6.45, 7) is 16.7. The third kappa shape index (κ3) is 4.53. The van der Waals surface area contributed by atoms with Crippen molar-refractivity contribution in [2.45, 2.75) is 119 Å². The highest BCUT2D eigenvalue weighted by Crippen LogP contribution is 2.75. The number of rotatable bonds is 4. The van der Waals surface area contributed by atoms with E-state index in [0.717, 1.165) is 56.9 Å². The molecule has 1 aromatic rings. The molecule has 4 fully saturated rings. The molecule has 5 aliphatic carbocycles. The second-order valence-electron chi connectivity index (χ2n) is 17.3. The number of carbonyl (C=O) groups excluding carboxylic acids is 1. The Labute approximate surface area is 264 Å². The van der Waals surface area contributed by atoms with Crippen molar-refractivity contribution in [3.63, 3.8) is 0 Å². The highest BCUT2D eigenvalue weighted by Gasteiger charge is 2.68. The van der Waals surface area contributed by atoms with E-state index in [1.165, 1.54) is 18.9 Å². The molecule has 44 heavy (non-hydrogen) atoms. The standard InChI is InChI=1S/C39H54O5/c1-34(2)29-16-19-39(7)30(37(29,5)18-17-31(34)44-32(41)15-10-25-8-11-26(40)12-9-25)14-13-27-28-24-36(4,33(42)43)21-20-35(28,3)22-23-38(27,39)6/h8-13,15,28-31,40H,14,16-24H2,1-7H3,(H,42,43)/b15-10+/t28-,29-,30+,31-,35+,36-,37-,38+,39+/m0/s1. The van der Waals surface area contributed by atoms with Gasteiger partial charge >= 0.3 is 11.9 Å². The molecule has 240 valence electrons. The number of benzene rings is 1. The van der Waals surface area contributed by atoms with Crippen molar-refractivity contribution in [1.29, 1.82) is 0 Å². The average molecular weight is 603 g/mol. The zero-order valence-electron chi connectivity index (χ0n) is 28.0. The molecule has 0 bridgehead atoms. The van der Waals surface area contributed by atoms with Crippen LogP contribution in [0.2, 0.25) is 0 Å². The molecule has 2 N–H and O–H groups in total. The van der Waals surface area contributed by atoms with Crippen molar-refractivity contribution in [1.82, 2.24) is 0 Å². The van der Waals surface area contributed by atoms with Crippen LogP contribution < -0.4 is 0 Å². The summed E-state index contributed by atoms with van der Waals surface area (Å²) in [4.78, 5) is 25.4. The Bertz CT molecular complexity index is 1390. The number of allylic oxidation sites excluding steroid dienone is 2. The van der Waals surface area contributed by atoms with Crippen LogP contribution in [0.3, 0.4) is 0 Å². The number of aliphatic carboxylic acids is 1. The summed E-state index contributed by atoms with van der Waals surface area (Å²) in [7, 11) is 0. The molecule has 5 heteroatoms. The van der Waals surface area contributed by atoms with Gasteiger partial charge < -0.3 is 14.9 Å². The lowest BCUT2D eigenvalue weighted by molar-refractivity contribution is -0.211. The number of aromatic hydroxyl groups is 1. The third-order valence-corrected chi connectivity index (χ3v) is 14.9. The number of esters is 1. The molecule has 6 rings (SSSR count). The van der Waals surface area contributed by atoms with E-state index in [4.69, 9.17) is 4.74 Å². The van der Waals surface area contributed by atoms with Gasteiger partial charge in [-0.05, 0) is 134 Å². The molecule has 0 aliphatic heterocycles. The molecule has 1 aromatic carbocycles. The summed E-state index contributed by atoms with van der Waals surface area (Å²) >= 11 is 0. The quantitative estimate of drug-likeness (QED) is 0.204. The molecule has 4 saturated carbocycles. The lowest BCUT2D eigenvalue weighted by Crippen LogP contribution is -2.64. The molecule has 5 aliphatic rings. The van der Waals surface area contributed by atoms with Gasteiger partial charge in [0.2, 0.25) is 0 Å². The number of carboxylic acids is 1. The van der Waals surface area contributed by atoms with Gasteiger partial charge in [0, 0.05) is 11.5 Å².